The number of imidazole rings is 1. The molecule has 0 atom stereocenters. The molecule has 0 saturated carbocycles. The Bertz CT molecular complexity index is 811. The van der Waals surface area contributed by atoms with Crippen molar-refractivity contribution in [1.29, 1.82) is 0 Å². The van der Waals surface area contributed by atoms with E-state index < -0.39 is 11.7 Å². The van der Waals surface area contributed by atoms with Gasteiger partial charge in [-0.15, -0.1) is 0 Å². The van der Waals surface area contributed by atoms with Crippen LogP contribution >= 0.6 is 0 Å². The van der Waals surface area contributed by atoms with Gasteiger partial charge in [0.2, 0.25) is 5.95 Å². The fourth-order valence-electron chi connectivity index (χ4n) is 2.34. The first kappa shape index (κ1) is 13.5. The molecule has 0 radical (unpaired) electrons. The van der Waals surface area contributed by atoms with Gasteiger partial charge < -0.3 is 5.73 Å². The molecule has 0 aliphatic carbocycles. The number of fused-ring (bicyclic) bond motifs is 1. The molecule has 5 nitrogen and oxygen atoms in total. The highest BCUT2D eigenvalue weighted by molar-refractivity contribution is 5.79. The Balaban J connectivity index is 2.19. The molecule has 0 fully saturated rings. The zero-order chi connectivity index (χ0) is 15.4. The van der Waals surface area contributed by atoms with Gasteiger partial charge in [0.1, 0.15) is 5.52 Å². The smallest absolute Gasteiger partial charge is 0.369 e. The fraction of sp³-hybridized carbons (Fsp3) is 0.231. The lowest BCUT2D eigenvalue weighted by Gasteiger charge is -2.10. The predicted octanol–water partition coefficient (Wildman–Crippen LogP) is 2.67. The number of aromatic nitrogens is 4. The van der Waals surface area contributed by atoms with E-state index in [2.05, 4.69) is 10.1 Å². The average Bonchev–Trinajstić information content (AvgIpc) is 2.87. The van der Waals surface area contributed by atoms with Gasteiger partial charge in [-0.1, -0.05) is 0 Å². The van der Waals surface area contributed by atoms with Gasteiger partial charge in [-0.05, 0) is 31.2 Å². The summed E-state index contributed by atoms with van der Waals surface area (Å²) >= 11 is 0. The van der Waals surface area contributed by atoms with E-state index in [0.717, 1.165) is 12.1 Å². The summed E-state index contributed by atoms with van der Waals surface area (Å²) in [4.78, 5) is 4.22. The molecule has 0 spiro atoms. The standard InChI is InChI=1S/C13H12F3N5/c1-7-10-11(20(2)19-7)21(12(17)18-10)9-5-3-8(4-6-9)13(14,15)16/h3-6H,1-2H3,(H2,17,18). The first-order valence-electron chi connectivity index (χ1n) is 6.14. The molecule has 110 valence electrons. The predicted molar refractivity (Wildman–Crippen MR) is 72.0 cm³/mol. The lowest BCUT2D eigenvalue weighted by molar-refractivity contribution is -0.137. The zero-order valence-electron chi connectivity index (χ0n) is 11.3. The summed E-state index contributed by atoms with van der Waals surface area (Å²) in [6.07, 6.45) is -4.36. The number of nitrogens with two attached hydrogens (primary N) is 1. The van der Waals surface area contributed by atoms with Crippen molar-refractivity contribution in [3.63, 3.8) is 0 Å². The summed E-state index contributed by atoms with van der Waals surface area (Å²) in [5.41, 5.74) is 7.67. The second kappa shape index (κ2) is 4.24. The van der Waals surface area contributed by atoms with Gasteiger partial charge in [0, 0.05) is 7.05 Å². The molecular weight excluding hydrogens is 283 g/mol. The third kappa shape index (κ3) is 2.03. The molecule has 2 aromatic heterocycles. The van der Waals surface area contributed by atoms with Crippen molar-refractivity contribution in [3.05, 3.63) is 35.5 Å². The minimum atomic E-state index is -4.36. The number of rotatable bonds is 1. The zero-order valence-corrected chi connectivity index (χ0v) is 11.3. The number of aryl methyl sites for hydroxylation is 2. The minimum absolute atomic E-state index is 0.209. The van der Waals surface area contributed by atoms with Gasteiger partial charge in [-0.25, -0.2) is 9.67 Å². The summed E-state index contributed by atoms with van der Waals surface area (Å²) in [6, 6.07) is 4.76. The topological polar surface area (TPSA) is 61.7 Å². The van der Waals surface area contributed by atoms with E-state index in [4.69, 9.17) is 5.73 Å². The summed E-state index contributed by atoms with van der Waals surface area (Å²) in [6.45, 7) is 1.80. The van der Waals surface area contributed by atoms with Crippen molar-refractivity contribution >= 4 is 17.1 Å². The van der Waals surface area contributed by atoms with Crippen LogP contribution in [0, 0.1) is 6.92 Å². The SMILES string of the molecule is Cc1nn(C)c2c1nc(N)n2-c1ccc(C(F)(F)F)cc1. The maximum Gasteiger partial charge on any atom is 0.416 e. The number of hydrogen-bond donors (Lipinski definition) is 1. The van der Waals surface area contributed by atoms with E-state index >= 15 is 0 Å². The van der Waals surface area contributed by atoms with Crippen LogP contribution in [0.15, 0.2) is 24.3 Å². The van der Waals surface area contributed by atoms with Crippen LogP contribution in [0.5, 0.6) is 0 Å². The Morgan fingerprint density at radius 3 is 2.33 bits per heavy atom. The van der Waals surface area contributed by atoms with Crippen LogP contribution < -0.4 is 5.73 Å². The Hall–Kier alpha value is -2.51. The molecule has 0 amide bonds. The molecule has 3 rings (SSSR count). The number of nitrogens with zero attached hydrogens (tertiary/aromatic N) is 4. The Kier molecular flexibility index (Phi) is 2.72. The van der Waals surface area contributed by atoms with E-state index in [-0.39, 0.29) is 5.95 Å². The lowest BCUT2D eigenvalue weighted by atomic mass is 10.2. The highest BCUT2D eigenvalue weighted by Crippen LogP contribution is 2.31. The number of nitrogen functional groups attached to an aromatic ring is 1. The van der Waals surface area contributed by atoms with Crippen LogP contribution in [0.1, 0.15) is 11.3 Å². The summed E-state index contributed by atoms with van der Waals surface area (Å²) in [7, 11) is 1.73. The van der Waals surface area contributed by atoms with Gasteiger partial charge in [0.05, 0.1) is 16.9 Å². The Morgan fingerprint density at radius 1 is 1.14 bits per heavy atom. The van der Waals surface area contributed by atoms with Crippen molar-refractivity contribution in [2.45, 2.75) is 13.1 Å². The molecule has 21 heavy (non-hydrogen) atoms. The first-order valence-corrected chi connectivity index (χ1v) is 6.14. The molecule has 8 heteroatoms. The first-order chi connectivity index (χ1) is 9.79. The highest BCUT2D eigenvalue weighted by atomic mass is 19.4. The quantitative estimate of drug-likeness (QED) is 0.750. The minimum Gasteiger partial charge on any atom is -0.369 e. The van der Waals surface area contributed by atoms with E-state index in [0.29, 0.717) is 22.5 Å². The fourth-order valence-corrected chi connectivity index (χ4v) is 2.34. The number of halogens is 3. The van der Waals surface area contributed by atoms with Gasteiger partial charge in [0.15, 0.2) is 5.65 Å². The second-order valence-electron chi connectivity index (χ2n) is 4.73. The number of anilines is 1. The molecule has 0 aliphatic heterocycles. The van der Waals surface area contributed by atoms with E-state index in [1.165, 1.54) is 12.1 Å². The molecule has 3 aromatic rings. The molecule has 0 unspecified atom stereocenters. The maximum absolute atomic E-state index is 12.6. The highest BCUT2D eigenvalue weighted by Gasteiger charge is 2.30. The number of benzene rings is 1. The largest absolute Gasteiger partial charge is 0.416 e. The molecule has 1 aromatic carbocycles. The van der Waals surface area contributed by atoms with Gasteiger partial charge in [-0.2, -0.15) is 18.3 Å². The summed E-state index contributed by atoms with van der Waals surface area (Å²) in [5, 5.41) is 4.23. The molecule has 0 aliphatic rings. The molecular formula is C13H12F3N5. The third-order valence-electron chi connectivity index (χ3n) is 3.28. The van der Waals surface area contributed by atoms with Crippen LogP contribution in [0.4, 0.5) is 19.1 Å². The number of alkyl halides is 3. The summed E-state index contributed by atoms with van der Waals surface area (Å²) in [5.74, 6) is 0.209. The van der Waals surface area contributed by atoms with E-state index in [1.54, 1.807) is 23.2 Å². The Morgan fingerprint density at radius 2 is 1.76 bits per heavy atom. The molecule has 2 N–H and O–H groups in total. The second-order valence-corrected chi connectivity index (χ2v) is 4.73. The van der Waals surface area contributed by atoms with Crippen LogP contribution in [0.2, 0.25) is 0 Å². The van der Waals surface area contributed by atoms with E-state index in [1.807, 2.05) is 0 Å². The van der Waals surface area contributed by atoms with Crippen molar-refractivity contribution < 1.29 is 13.2 Å². The normalized spacial score (nSPS) is 12.2. The van der Waals surface area contributed by atoms with Gasteiger partial charge in [-0.3, -0.25) is 4.57 Å². The average molecular weight is 295 g/mol. The Labute approximate surface area is 117 Å². The molecule has 0 saturated heterocycles. The maximum atomic E-state index is 12.6. The van der Waals surface area contributed by atoms with Gasteiger partial charge >= 0.3 is 6.18 Å². The van der Waals surface area contributed by atoms with Crippen molar-refractivity contribution in [2.75, 3.05) is 5.73 Å². The summed E-state index contributed by atoms with van der Waals surface area (Å²) < 4.78 is 41.0. The van der Waals surface area contributed by atoms with Crippen molar-refractivity contribution in [1.82, 2.24) is 19.3 Å². The third-order valence-corrected chi connectivity index (χ3v) is 3.28. The van der Waals surface area contributed by atoms with Crippen LogP contribution in [0.25, 0.3) is 16.9 Å². The van der Waals surface area contributed by atoms with Crippen molar-refractivity contribution in [2.24, 2.45) is 7.05 Å². The van der Waals surface area contributed by atoms with Crippen molar-refractivity contribution in [3.8, 4) is 5.69 Å². The van der Waals surface area contributed by atoms with E-state index in [9.17, 15) is 13.2 Å². The van der Waals surface area contributed by atoms with Crippen LogP contribution in [0.3, 0.4) is 0 Å². The van der Waals surface area contributed by atoms with Crippen LogP contribution in [-0.2, 0) is 13.2 Å². The number of hydrogen-bond acceptors (Lipinski definition) is 3. The lowest BCUT2D eigenvalue weighted by Crippen LogP contribution is -2.07. The molecule has 2 heterocycles. The molecule has 0 bridgehead atoms. The van der Waals surface area contributed by atoms with Gasteiger partial charge in [0.25, 0.3) is 0 Å². The van der Waals surface area contributed by atoms with Crippen LogP contribution in [-0.4, -0.2) is 19.3 Å². The monoisotopic (exact) mass is 295 g/mol.